The Kier molecular flexibility index (Phi) is 4.02. The van der Waals surface area contributed by atoms with Gasteiger partial charge < -0.3 is 0 Å². The van der Waals surface area contributed by atoms with Gasteiger partial charge in [-0.15, -0.1) is 0 Å². The Morgan fingerprint density at radius 3 is 1.36 bits per heavy atom. The molecule has 0 bridgehead atoms. The first-order chi connectivity index (χ1) is 6.95. The summed E-state index contributed by atoms with van der Waals surface area (Å²) in [5, 5.41) is 0. The summed E-state index contributed by atoms with van der Waals surface area (Å²) in [6.07, 6.45) is 10.3. The van der Waals surface area contributed by atoms with Crippen LogP contribution >= 0.6 is 0 Å². The minimum absolute atomic E-state index is 1.17. The number of rotatable bonds is 4. The van der Waals surface area contributed by atoms with E-state index in [9.17, 15) is 0 Å². The number of nitrogens with zero attached hydrogens (tertiary/aromatic N) is 2. The minimum Gasteiger partial charge on any atom is -0.300 e. The molecule has 2 nitrogen and oxygen atoms in total. The fourth-order valence-corrected chi connectivity index (χ4v) is 2.38. The zero-order valence-electron chi connectivity index (χ0n) is 9.12. The number of likely N-dealkylation sites (tertiary alicyclic amines) is 2. The van der Waals surface area contributed by atoms with Crippen molar-refractivity contribution in [3.8, 4) is 0 Å². The molecule has 2 aliphatic rings. The molecule has 0 amide bonds. The molecule has 0 radical (unpaired) electrons. The second-order valence-electron chi connectivity index (χ2n) is 4.49. The van der Waals surface area contributed by atoms with Crippen molar-refractivity contribution in [3.05, 3.63) is 12.2 Å². The van der Waals surface area contributed by atoms with Crippen molar-refractivity contribution in [2.75, 3.05) is 39.3 Å². The maximum atomic E-state index is 2.54. The van der Waals surface area contributed by atoms with Crippen LogP contribution in [0.4, 0.5) is 0 Å². The molecule has 0 aromatic rings. The molecule has 0 N–H and O–H groups in total. The molecule has 0 aliphatic carbocycles. The molecular weight excluding hydrogens is 172 g/mol. The zero-order chi connectivity index (χ0) is 9.64. The number of hydrogen-bond acceptors (Lipinski definition) is 2. The van der Waals surface area contributed by atoms with Gasteiger partial charge in [0.15, 0.2) is 0 Å². The Morgan fingerprint density at radius 2 is 1.00 bits per heavy atom. The van der Waals surface area contributed by atoms with Gasteiger partial charge in [0.25, 0.3) is 0 Å². The van der Waals surface area contributed by atoms with Crippen molar-refractivity contribution in [1.29, 1.82) is 0 Å². The van der Waals surface area contributed by atoms with Gasteiger partial charge >= 0.3 is 0 Å². The smallest absolute Gasteiger partial charge is 0.0163 e. The van der Waals surface area contributed by atoms with Crippen molar-refractivity contribution in [1.82, 2.24) is 9.80 Å². The SMILES string of the molecule is C(=C\CN1CCCC1)/CN1CCCC1. The summed E-state index contributed by atoms with van der Waals surface area (Å²) in [5.41, 5.74) is 0. The lowest BCUT2D eigenvalue weighted by atomic mass is 10.4. The fraction of sp³-hybridized carbons (Fsp3) is 0.833. The Labute approximate surface area is 87.6 Å². The molecule has 0 unspecified atom stereocenters. The lowest BCUT2D eigenvalue weighted by Crippen LogP contribution is -2.21. The average molecular weight is 194 g/mol. The van der Waals surface area contributed by atoms with Gasteiger partial charge in [-0.3, -0.25) is 9.80 Å². The van der Waals surface area contributed by atoms with E-state index in [2.05, 4.69) is 22.0 Å². The van der Waals surface area contributed by atoms with Gasteiger partial charge in [-0.25, -0.2) is 0 Å². The van der Waals surface area contributed by atoms with Gasteiger partial charge in [-0.2, -0.15) is 0 Å². The third kappa shape index (κ3) is 3.10. The first-order valence-corrected chi connectivity index (χ1v) is 6.05. The molecule has 2 saturated heterocycles. The molecule has 0 aromatic carbocycles. The largest absolute Gasteiger partial charge is 0.300 e. The Balaban J connectivity index is 1.57. The molecule has 2 fully saturated rings. The molecule has 0 saturated carbocycles. The summed E-state index contributed by atoms with van der Waals surface area (Å²) in [5.74, 6) is 0. The predicted octanol–water partition coefficient (Wildman–Crippen LogP) is 1.73. The highest BCUT2D eigenvalue weighted by Crippen LogP contribution is 2.08. The van der Waals surface area contributed by atoms with Crippen LogP contribution in [0.3, 0.4) is 0 Å². The summed E-state index contributed by atoms with van der Waals surface area (Å²) >= 11 is 0. The summed E-state index contributed by atoms with van der Waals surface area (Å²) in [7, 11) is 0. The quantitative estimate of drug-likeness (QED) is 0.629. The molecule has 2 heteroatoms. The highest BCUT2D eigenvalue weighted by atomic mass is 15.1. The Hall–Kier alpha value is -0.340. The van der Waals surface area contributed by atoms with Gasteiger partial charge in [-0.1, -0.05) is 12.2 Å². The van der Waals surface area contributed by atoms with Gasteiger partial charge in [-0.05, 0) is 51.9 Å². The van der Waals surface area contributed by atoms with E-state index >= 15 is 0 Å². The van der Waals surface area contributed by atoms with Crippen molar-refractivity contribution in [3.63, 3.8) is 0 Å². The van der Waals surface area contributed by atoms with Crippen LogP contribution in [-0.4, -0.2) is 49.1 Å². The van der Waals surface area contributed by atoms with Crippen LogP contribution in [0.2, 0.25) is 0 Å². The highest BCUT2D eigenvalue weighted by molar-refractivity contribution is 4.89. The average Bonchev–Trinajstić information content (AvgIpc) is 2.86. The van der Waals surface area contributed by atoms with Gasteiger partial charge in [0, 0.05) is 13.1 Å². The van der Waals surface area contributed by atoms with E-state index in [-0.39, 0.29) is 0 Å². The number of hydrogen-bond donors (Lipinski definition) is 0. The standard InChI is InChI=1S/C12H22N2/c1-2-8-13(7-1)11-5-6-12-14-9-3-4-10-14/h5-6H,1-4,7-12H2/b6-5+. The molecular formula is C12H22N2. The van der Waals surface area contributed by atoms with Gasteiger partial charge in [0.05, 0.1) is 0 Å². The molecule has 80 valence electrons. The van der Waals surface area contributed by atoms with E-state index in [0.717, 1.165) is 0 Å². The first-order valence-electron chi connectivity index (χ1n) is 6.05. The third-order valence-electron chi connectivity index (χ3n) is 3.29. The summed E-state index contributed by atoms with van der Waals surface area (Å²) < 4.78 is 0. The summed E-state index contributed by atoms with van der Waals surface area (Å²) in [4.78, 5) is 5.08. The molecule has 0 spiro atoms. The second kappa shape index (κ2) is 5.52. The Morgan fingerprint density at radius 1 is 0.643 bits per heavy atom. The minimum atomic E-state index is 1.17. The maximum Gasteiger partial charge on any atom is 0.0163 e. The van der Waals surface area contributed by atoms with E-state index in [1.165, 1.54) is 65.0 Å². The topological polar surface area (TPSA) is 6.48 Å². The van der Waals surface area contributed by atoms with Crippen LogP contribution in [0.1, 0.15) is 25.7 Å². The van der Waals surface area contributed by atoms with E-state index in [0.29, 0.717) is 0 Å². The molecule has 2 aliphatic heterocycles. The molecule has 0 aromatic heterocycles. The lowest BCUT2D eigenvalue weighted by Gasteiger charge is -2.12. The second-order valence-corrected chi connectivity index (χ2v) is 4.49. The van der Waals surface area contributed by atoms with Crippen molar-refractivity contribution in [2.45, 2.75) is 25.7 Å². The fourth-order valence-electron chi connectivity index (χ4n) is 2.38. The maximum absolute atomic E-state index is 2.54. The van der Waals surface area contributed by atoms with E-state index < -0.39 is 0 Å². The van der Waals surface area contributed by atoms with Gasteiger partial charge in [0.1, 0.15) is 0 Å². The summed E-state index contributed by atoms with van der Waals surface area (Å²) in [6, 6.07) is 0. The molecule has 14 heavy (non-hydrogen) atoms. The van der Waals surface area contributed by atoms with Crippen LogP contribution in [0.25, 0.3) is 0 Å². The molecule has 2 heterocycles. The predicted molar refractivity (Wildman–Crippen MR) is 60.5 cm³/mol. The van der Waals surface area contributed by atoms with Crippen molar-refractivity contribution in [2.24, 2.45) is 0 Å². The first kappa shape index (κ1) is 10.2. The van der Waals surface area contributed by atoms with Crippen molar-refractivity contribution >= 4 is 0 Å². The lowest BCUT2D eigenvalue weighted by molar-refractivity contribution is 0.367. The monoisotopic (exact) mass is 194 g/mol. The molecule has 0 atom stereocenters. The van der Waals surface area contributed by atoms with E-state index in [1.807, 2.05) is 0 Å². The van der Waals surface area contributed by atoms with E-state index in [1.54, 1.807) is 0 Å². The van der Waals surface area contributed by atoms with Crippen LogP contribution < -0.4 is 0 Å². The van der Waals surface area contributed by atoms with Crippen LogP contribution in [0.15, 0.2) is 12.2 Å². The van der Waals surface area contributed by atoms with E-state index in [4.69, 9.17) is 0 Å². The normalized spacial score (nSPS) is 25.4. The highest BCUT2D eigenvalue weighted by Gasteiger charge is 2.10. The van der Waals surface area contributed by atoms with Gasteiger partial charge in [0.2, 0.25) is 0 Å². The molecule has 2 rings (SSSR count). The van der Waals surface area contributed by atoms with Crippen LogP contribution in [0.5, 0.6) is 0 Å². The van der Waals surface area contributed by atoms with Crippen molar-refractivity contribution < 1.29 is 0 Å². The zero-order valence-corrected chi connectivity index (χ0v) is 9.12. The van der Waals surface area contributed by atoms with Crippen LogP contribution in [0, 0.1) is 0 Å². The van der Waals surface area contributed by atoms with Crippen LogP contribution in [-0.2, 0) is 0 Å². The Bertz CT molecular complexity index is 157. The third-order valence-corrected chi connectivity index (χ3v) is 3.29. The summed E-state index contributed by atoms with van der Waals surface area (Å²) in [6.45, 7) is 7.60.